The van der Waals surface area contributed by atoms with Gasteiger partial charge in [0, 0.05) is 6.07 Å². The third kappa shape index (κ3) is 2.91. The molecule has 3 rings (SSSR count). The van der Waals surface area contributed by atoms with Gasteiger partial charge < -0.3 is 5.73 Å². The van der Waals surface area contributed by atoms with Crippen LogP contribution in [0.2, 0.25) is 5.02 Å². The SMILES string of the molecule is C[C@H](N)c1nc2cc(F)cc(Cl)c2c(=O)n1Nc1ccccc1. The number of hydrogen-bond donors (Lipinski definition) is 2. The van der Waals surface area contributed by atoms with E-state index in [4.69, 9.17) is 17.3 Å². The van der Waals surface area contributed by atoms with Gasteiger partial charge in [0.25, 0.3) is 5.56 Å². The lowest BCUT2D eigenvalue weighted by Gasteiger charge is -2.17. The van der Waals surface area contributed by atoms with E-state index in [1.165, 1.54) is 10.7 Å². The van der Waals surface area contributed by atoms with Crippen LogP contribution in [0.15, 0.2) is 47.3 Å². The Balaban J connectivity index is 2.29. The Morgan fingerprint density at radius 2 is 2.00 bits per heavy atom. The molecule has 0 radical (unpaired) electrons. The van der Waals surface area contributed by atoms with Gasteiger partial charge in [-0.15, -0.1) is 0 Å². The average molecular weight is 333 g/mol. The van der Waals surface area contributed by atoms with Gasteiger partial charge in [-0.1, -0.05) is 29.8 Å². The molecular formula is C16H14ClFN4O. The molecule has 0 unspecified atom stereocenters. The molecule has 0 fully saturated rings. The summed E-state index contributed by atoms with van der Waals surface area (Å²) in [5, 5.41) is 0.151. The van der Waals surface area contributed by atoms with Crippen molar-refractivity contribution < 1.29 is 4.39 Å². The van der Waals surface area contributed by atoms with E-state index in [9.17, 15) is 9.18 Å². The van der Waals surface area contributed by atoms with Crippen molar-refractivity contribution >= 4 is 28.2 Å². The topological polar surface area (TPSA) is 72.9 Å². The van der Waals surface area contributed by atoms with Crippen LogP contribution in [0.4, 0.5) is 10.1 Å². The van der Waals surface area contributed by atoms with E-state index in [0.717, 1.165) is 6.07 Å². The van der Waals surface area contributed by atoms with Crippen LogP contribution < -0.4 is 16.7 Å². The smallest absolute Gasteiger partial charge is 0.281 e. The van der Waals surface area contributed by atoms with Crippen LogP contribution in [-0.4, -0.2) is 9.66 Å². The van der Waals surface area contributed by atoms with Crippen molar-refractivity contribution in [2.45, 2.75) is 13.0 Å². The van der Waals surface area contributed by atoms with Gasteiger partial charge in [-0.2, -0.15) is 0 Å². The van der Waals surface area contributed by atoms with Crippen LogP contribution in [-0.2, 0) is 0 Å². The second-order valence-corrected chi connectivity index (χ2v) is 5.57. The first kappa shape index (κ1) is 15.5. The van der Waals surface area contributed by atoms with Gasteiger partial charge in [0.15, 0.2) is 0 Å². The summed E-state index contributed by atoms with van der Waals surface area (Å²) in [6.45, 7) is 1.69. The Hall–Kier alpha value is -2.44. The summed E-state index contributed by atoms with van der Waals surface area (Å²) in [6.07, 6.45) is 0. The lowest BCUT2D eigenvalue weighted by Crippen LogP contribution is -2.33. The minimum Gasteiger partial charge on any atom is -0.322 e. The number of halogens is 2. The maximum absolute atomic E-state index is 13.5. The monoisotopic (exact) mass is 332 g/mol. The minimum absolute atomic E-state index is 0.0114. The normalized spacial score (nSPS) is 12.3. The van der Waals surface area contributed by atoms with Crippen molar-refractivity contribution in [2.24, 2.45) is 5.73 Å². The summed E-state index contributed by atoms with van der Waals surface area (Å²) in [6, 6.07) is 10.8. The Bertz CT molecular complexity index is 925. The molecule has 3 N–H and O–H groups in total. The maximum atomic E-state index is 13.5. The van der Waals surface area contributed by atoms with Crippen LogP contribution in [0.3, 0.4) is 0 Å². The summed E-state index contributed by atoms with van der Waals surface area (Å²) >= 11 is 6.02. The number of nitrogens with two attached hydrogens (primary N) is 1. The van der Waals surface area contributed by atoms with Crippen molar-refractivity contribution in [3.05, 3.63) is 69.5 Å². The Kier molecular flexibility index (Phi) is 4.02. The number of benzene rings is 2. The molecule has 0 aliphatic heterocycles. The number of nitrogens with zero attached hydrogens (tertiary/aromatic N) is 2. The molecular weight excluding hydrogens is 319 g/mol. The second-order valence-electron chi connectivity index (χ2n) is 5.16. The summed E-state index contributed by atoms with van der Waals surface area (Å²) in [7, 11) is 0. The Morgan fingerprint density at radius 1 is 1.30 bits per heavy atom. The van der Waals surface area contributed by atoms with Gasteiger partial charge in [-0.25, -0.2) is 14.1 Å². The molecule has 1 atom stereocenters. The lowest BCUT2D eigenvalue weighted by atomic mass is 10.2. The third-order valence-electron chi connectivity index (χ3n) is 3.34. The fourth-order valence-electron chi connectivity index (χ4n) is 2.30. The first-order valence-corrected chi connectivity index (χ1v) is 7.34. The van der Waals surface area contributed by atoms with E-state index in [0.29, 0.717) is 5.69 Å². The fourth-order valence-corrected chi connectivity index (χ4v) is 2.59. The van der Waals surface area contributed by atoms with E-state index in [2.05, 4.69) is 10.4 Å². The predicted octanol–water partition coefficient (Wildman–Crippen LogP) is 3.08. The molecule has 0 saturated carbocycles. The van der Waals surface area contributed by atoms with Gasteiger partial charge in [-0.05, 0) is 25.1 Å². The molecule has 1 heterocycles. The van der Waals surface area contributed by atoms with Crippen LogP contribution >= 0.6 is 11.6 Å². The summed E-state index contributed by atoms with van der Waals surface area (Å²) in [4.78, 5) is 17.1. The highest BCUT2D eigenvalue weighted by molar-refractivity contribution is 6.35. The van der Waals surface area contributed by atoms with Gasteiger partial charge in [-0.3, -0.25) is 10.2 Å². The zero-order valence-electron chi connectivity index (χ0n) is 12.3. The predicted molar refractivity (Wildman–Crippen MR) is 89.0 cm³/mol. The molecule has 0 spiro atoms. The van der Waals surface area contributed by atoms with Crippen molar-refractivity contribution in [3.63, 3.8) is 0 Å². The van der Waals surface area contributed by atoms with E-state index in [-0.39, 0.29) is 21.7 Å². The largest absolute Gasteiger partial charge is 0.322 e. The molecule has 23 heavy (non-hydrogen) atoms. The highest BCUT2D eigenvalue weighted by Gasteiger charge is 2.17. The van der Waals surface area contributed by atoms with E-state index >= 15 is 0 Å². The van der Waals surface area contributed by atoms with Gasteiger partial charge in [0.2, 0.25) is 0 Å². The highest BCUT2D eigenvalue weighted by atomic mass is 35.5. The molecule has 7 heteroatoms. The highest BCUT2D eigenvalue weighted by Crippen LogP contribution is 2.22. The molecule has 2 aromatic carbocycles. The number of fused-ring (bicyclic) bond motifs is 1. The molecule has 0 amide bonds. The second kappa shape index (κ2) is 5.98. The number of aromatic nitrogens is 2. The molecule has 0 saturated heterocycles. The molecule has 5 nitrogen and oxygen atoms in total. The molecule has 0 aliphatic carbocycles. The van der Waals surface area contributed by atoms with E-state index in [1.807, 2.05) is 18.2 Å². The van der Waals surface area contributed by atoms with Crippen LogP contribution in [0.1, 0.15) is 18.8 Å². The maximum Gasteiger partial charge on any atom is 0.281 e. The zero-order valence-corrected chi connectivity index (χ0v) is 13.0. The average Bonchev–Trinajstić information content (AvgIpc) is 2.50. The van der Waals surface area contributed by atoms with Crippen molar-refractivity contribution in [2.75, 3.05) is 5.43 Å². The standard InChI is InChI=1S/C16H14ClFN4O/c1-9(19)15-20-13-8-10(18)7-12(17)14(13)16(23)22(15)21-11-5-3-2-4-6-11/h2-9,21H,19H2,1H3/t9-/m0/s1. The summed E-state index contributed by atoms with van der Waals surface area (Å²) in [5.41, 5.74) is 9.32. The summed E-state index contributed by atoms with van der Waals surface area (Å²) < 4.78 is 14.8. The van der Waals surface area contributed by atoms with Crippen molar-refractivity contribution in [3.8, 4) is 0 Å². The van der Waals surface area contributed by atoms with E-state index in [1.54, 1.807) is 19.1 Å². The fraction of sp³-hybridized carbons (Fsp3) is 0.125. The van der Waals surface area contributed by atoms with Crippen LogP contribution in [0, 0.1) is 5.82 Å². The molecule has 0 bridgehead atoms. The summed E-state index contributed by atoms with van der Waals surface area (Å²) in [5.74, 6) is -0.271. The molecule has 3 aromatic rings. The number of para-hydroxylation sites is 1. The van der Waals surface area contributed by atoms with E-state index < -0.39 is 17.4 Å². The number of hydrogen-bond acceptors (Lipinski definition) is 4. The van der Waals surface area contributed by atoms with Crippen molar-refractivity contribution in [1.82, 2.24) is 9.66 Å². The first-order valence-electron chi connectivity index (χ1n) is 6.96. The molecule has 118 valence electrons. The van der Waals surface area contributed by atoms with Gasteiger partial charge in [0.05, 0.1) is 27.7 Å². The zero-order chi connectivity index (χ0) is 16.6. The minimum atomic E-state index is -0.557. The van der Waals surface area contributed by atoms with Gasteiger partial charge >= 0.3 is 0 Å². The lowest BCUT2D eigenvalue weighted by molar-refractivity contribution is 0.627. The number of nitrogens with one attached hydrogen (secondary N) is 1. The Labute approximate surface area is 136 Å². The number of anilines is 1. The van der Waals surface area contributed by atoms with Crippen LogP contribution in [0.5, 0.6) is 0 Å². The third-order valence-corrected chi connectivity index (χ3v) is 3.64. The van der Waals surface area contributed by atoms with Crippen molar-refractivity contribution in [1.29, 1.82) is 0 Å². The molecule has 1 aromatic heterocycles. The van der Waals surface area contributed by atoms with Gasteiger partial charge in [0.1, 0.15) is 11.6 Å². The number of rotatable bonds is 3. The Morgan fingerprint density at radius 3 is 2.65 bits per heavy atom. The molecule has 0 aliphatic rings. The van der Waals surface area contributed by atoms with Crippen LogP contribution in [0.25, 0.3) is 10.9 Å². The quantitative estimate of drug-likeness (QED) is 0.773. The first-order chi connectivity index (χ1) is 11.0.